The third-order valence-corrected chi connectivity index (χ3v) is 3.47. The van der Waals surface area contributed by atoms with Crippen molar-refractivity contribution in [1.82, 2.24) is 0 Å². The van der Waals surface area contributed by atoms with Gasteiger partial charge in [0.15, 0.2) is 11.6 Å². The van der Waals surface area contributed by atoms with Crippen molar-refractivity contribution < 1.29 is 27.4 Å². The topological polar surface area (TPSA) is 85.3 Å². The molecule has 1 heterocycles. The zero-order valence-electron chi connectivity index (χ0n) is 12.8. The number of carbonyl (C=O) groups excluding carboxylic acids is 1. The molecule has 1 aliphatic rings. The van der Waals surface area contributed by atoms with Gasteiger partial charge in [-0.2, -0.15) is 5.26 Å². The standard InChI is InChI=1S/C16H13F3N2O3/c1-3-23-16(22)11-7(2)24-15(21)8(6-20)12(11)13-9(17)4-5-10(18)14(13)19/h4-5,12H,3,21H2,1-2H3. The molecule has 0 aliphatic carbocycles. The van der Waals surface area contributed by atoms with Crippen LogP contribution in [0.5, 0.6) is 0 Å². The molecule has 0 amide bonds. The molecule has 1 aromatic rings. The molecule has 1 atom stereocenters. The van der Waals surface area contributed by atoms with E-state index < -0.39 is 46.4 Å². The average Bonchev–Trinajstić information content (AvgIpc) is 2.51. The van der Waals surface area contributed by atoms with Gasteiger partial charge < -0.3 is 15.2 Å². The fourth-order valence-electron chi connectivity index (χ4n) is 2.45. The van der Waals surface area contributed by atoms with E-state index in [1.54, 1.807) is 6.07 Å². The van der Waals surface area contributed by atoms with E-state index in [2.05, 4.69) is 0 Å². The number of halogens is 3. The van der Waals surface area contributed by atoms with Crippen molar-refractivity contribution in [2.45, 2.75) is 19.8 Å². The number of hydrogen-bond donors (Lipinski definition) is 1. The molecule has 126 valence electrons. The minimum Gasteiger partial charge on any atom is -0.463 e. The molecule has 2 rings (SSSR count). The molecule has 0 spiro atoms. The maximum Gasteiger partial charge on any atom is 0.338 e. The van der Waals surface area contributed by atoms with Crippen LogP contribution in [-0.4, -0.2) is 12.6 Å². The molecule has 5 nitrogen and oxygen atoms in total. The number of carbonyl (C=O) groups is 1. The van der Waals surface area contributed by atoms with Gasteiger partial charge in [0.25, 0.3) is 0 Å². The molecule has 1 unspecified atom stereocenters. The summed E-state index contributed by atoms with van der Waals surface area (Å²) < 4.78 is 52.0. The van der Waals surface area contributed by atoms with Crippen LogP contribution in [0.15, 0.2) is 34.9 Å². The largest absolute Gasteiger partial charge is 0.463 e. The maximum absolute atomic E-state index is 14.2. The van der Waals surface area contributed by atoms with Crippen LogP contribution in [-0.2, 0) is 14.3 Å². The van der Waals surface area contributed by atoms with Crippen LogP contribution < -0.4 is 5.73 Å². The van der Waals surface area contributed by atoms with Crippen LogP contribution in [0.3, 0.4) is 0 Å². The van der Waals surface area contributed by atoms with Gasteiger partial charge in [0, 0.05) is 5.56 Å². The lowest BCUT2D eigenvalue weighted by atomic mass is 9.82. The molecule has 0 aromatic heterocycles. The van der Waals surface area contributed by atoms with Gasteiger partial charge in [-0.05, 0) is 26.0 Å². The maximum atomic E-state index is 14.2. The summed E-state index contributed by atoms with van der Waals surface area (Å²) in [6.07, 6.45) is 0. The number of rotatable bonds is 3. The number of allylic oxidation sites excluding steroid dienone is 2. The number of nitrogens with zero attached hydrogens (tertiary/aromatic N) is 1. The van der Waals surface area contributed by atoms with Crippen molar-refractivity contribution in [2.24, 2.45) is 5.73 Å². The van der Waals surface area contributed by atoms with Crippen LogP contribution >= 0.6 is 0 Å². The number of ether oxygens (including phenoxy) is 2. The molecule has 24 heavy (non-hydrogen) atoms. The average molecular weight is 338 g/mol. The van der Waals surface area contributed by atoms with Gasteiger partial charge in [-0.3, -0.25) is 0 Å². The lowest BCUT2D eigenvalue weighted by Crippen LogP contribution is -2.27. The summed E-state index contributed by atoms with van der Waals surface area (Å²) in [5, 5.41) is 9.28. The molecule has 8 heteroatoms. The Morgan fingerprint density at radius 3 is 2.58 bits per heavy atom. The molecule has 0 saturated carbocycles. The van der Waals surface area contributed by atoms with E-state index >= 15 is 0 Å². The van der Waals surface area contributed by atoms with E-state index in [-0.39, 0.29) is 17.9 Å². The number of benzene rings is 1. The quantitative estimate of drug-likeness (QED) is 0.676. The van der Waals surface area contributed by atoms with Crippen molar-refractivity contribution in [3.05, 3.63) is 57.9 Å². The Hall–Kier alpha value is -2.95. The van der Waals surface area contributed by atoms with Gasteiger partial charge in [-0.15, -0.1) is 0 Å². The summed E-state index contributed by atoms with van der Waals surface area (Å²) >= 11 is 0. The first-order chi connectivity index (χ1) is 11.3. The van der Waals surface area contributed by atoms with Crippen molar-refractivity contribution >= 4 is 5.97 Å². The summed E-state index contributed by atoms with van der Waals surface area (Å²) in [6, 6.07) is 2.96. The second-order valence-electron chi connectivity index (χ2n) is 4.87. The summed E-state index contributed by atoms with van der Waals surface area (Å²) in [4.78, 5) is 12.2. The van der Waals surface area contributed by atoms with E-state index in [1.807, 2.05) is 0 Å². The first kappa shape index (κ1) is 17.4. The molecule has 0 fully saturated rings. The number of esters is 1. The molecule has 0 saturated heterocycles. The Bertz CT molecular complexity index is 810. The fourth-order valence-corrected chi connectivity index (χ4v) is 2.45. The second-order valence-corrected chi connectivity index (χ2v) is 4.87. The van der Waals surface area contributed by atoms with E-state index in [0.717, 1.165) is 0 Å². The highest BCUT2D eigenvalue weighted by atomic mass is 19.2. The number of nitrogens with two attached hydrogens (primary N) is 1. The molecule has 0 bridgehead atoms. The van der Waals surface area contributed by atoms with Gasteiger partial charge in [-0.25, -0.2) is 18.0 Å². The summed E-state index contributed by atoms with van der Waals surface area (Å²) in [5.41, 5.74) is 4.06. The highest BCUT2D eigenvalue weighted by Crippen LogP contribution is 2.41. The van der Waals surface area contributed by atoms with Crippen LogP contribution in [0.2, 0.25) is 0 Å². The smallest absolute Gasteiger partial charge is 0.338 e. The zero-order valence-corrected chi connectivity index (χ0v) is 12.8. The molecular weight excluding hydrogens is 325 g/mol. The highest BCUT2D eigenvalue weighted by Gasteiger charge is 2.39. The molecular formula is C16H13F3N2O3. The zero-order chi connectivity index (χ0) is 18.0. The van der Waals surface area contributed by atoms with Crippen LogP contribution in [0, 0.1) is 28.8 Å². The third kappa shape index (κ3) is 2.80. The first-order valence-electron chi connectivity index (χ1n) is 6.92. The SMILES string of the molecule is CCOC(=O)C1=C(C)OC(N)=C(C#N)C1c1c(F)ccc(F)c1F. The Morgan fingerprint density at radius 2 is 2.00 bits per heavy atom. The normalized spacial score (nSPS) is 17.4. The summed E-state index contributed by atoms with van der Waals surface area (Å²) in [5.74, 6) is -6.99. The van der Waals surface area contributed by atoms with E-state index in [0.29, 0.717) is 12.1 Å². The molecule has 2 N–H and O–H groups in total. The Balaban J connectivity index is 2.77. The first-order valence-corrected chi connectivity index (χ1v) is 6.92. The lowest BCUT2D eigenvalue weighted by molar-refractivity contribution is -0.139. The minimum atomic E-state index is -1.57. The fraction of sp³-hybridized carbons (Fsp3) is 0.250. The predicted molar refractivity (Wildman–Crippen MR) is 76.3 cm³/mol. The van der Waals surface area contributed by atoms with E-state index in [9.17, 15) is 23.2 Å². The van der Waals surface area contributed by atoms with Crippen LogP contribution in [0.25, 0.3) is 0 Å². The van der Waals surface area contributed by atoms with E-state index in [1.165, 1.54) is 13.8 Å². The Morgan fingerprint density at radius 1 is 1.38 bits per heavy atom. The van der Waals surface area contributed by atoms with Gasteiger partial charge in [-0.1, -0.05) is 0 Å². The van der Waals surface area contributed by atoms with Crippen molar-refractivity contribution in [1.29, 1.82) is 5.26 Å². The molecule has 1 aliphatic heterocycles. The summed E-state index contributed by atoms with van der Waals surface area (Å²) in [6.45, 7) is 2.85. The lowest BCUT2D eigenvalue weighted by Gasteiger charge is -2.27. The number of nitriles is 1. The van der Waals surface area contributed by atoms with E-state index in [4.69, 9.17) is 15.2 Å². The van der Waals surface area contributed by atoms with Crippen LogP contribution in [0.4, 0.5) is 13.2 Å². The van der Waals surface area contributed by atoms with Crippen LogP contribution in [0.1, 0.15) is 25.3 Å². The van der Waals surface area contributed by atoms with Gasteiger partial charge in [0.2, 0.25) is 5.88 Å². The predicted octanol–water partition coefficient (Wildman–Crippen LogP) is 2.75. The highest BCUT2D eigenvalue weighted by molar-refractivity contribution is 5.92. The second kappa shape index (κ2) is 6.66. The molecule has 1 aromatic carbocycles. The van der Waals surface area contributed by atoms with Gasteiger partial charge in [0.1, 0.15) is 23.2 Å². The third-order valence-electron chi connectivity index (χ3n) is 3.47. The van der Waals surface area contributed by atoms with Crippen molar-refractivity contribution in [3.63, 3.8) is 0 Å². The van der Waals surface area contributed by atoms with Crippen molar-refractivity contribution in [3.8, 4) is 6.07 Å². The Kier molecular flexibility index (Phi) is 4.83. The molecule has 0 radical (unpaired) electrons. The minimum absolute atomic E-state index is 0.0163. The van der Waals surface area contributed by atoms with Crippen molar-refractivity contribution in [2.75, 3.05) is 6.61 Å². The Labute approximate surface area is 135 Å². The monoisotopic (exact) mass is 338 g/mol. The van der Waals surface area contributed by atoms with Gasteiger partial charge >= 0.3 is 5.97 Å². The van der Waals surface area contributed by atoms with Gasteiger partial charge in [0.05, 0.1) is 18.1 Å². The summed E-state index contributed by atoms with van der Waals surface area (Å²) in [7, 11) is 0. The number of hydrogen-bond acceptors (Lipinski definition) is 5.